The van der Waals surface area contributed by atoms with Crippen molar-refractivity contribution in [1.82, 2.24) is 0 Å². The van der Waals surface area contributed by atoms with Gasteiger partial charge in [-0.2, -0.15) is 0 Å². The van der Waals surface area contributed by atoms with Gasteiger partial charge in [0.25, 0.3) is 5.91 Å². The number of aromatic carboxylic acids is 1. The summed E-state index contributed by atoms with van der Waals surface area (Å²) in [6.07, 6.45) is 0. The van der Waals surface area contributed by atoms with Crippen LogP contribution in [0.2, 0.25) is 0 Å². The molecule has 0 heterocycles. The Morgan fingerprint density at radius 3 is 2.57 bits per heavy atom. The molecule has 4 N–H and O–H groups in total. The lowest BCUT2D eigenvalue weighted by molar-refractivity contribution is 0.0698. The van der Waals surface area contributed by atoms with Crippen LogP contribution in [0.4, 0.5) is 15.8 Å². The number of nitrogens with one attached hydrogen (secondary N) is 1. The van der Waals surface area contributed by atoms with E-state index in [2.05, 4.69) is 21.2 Å². The number of nitrogens with two attached hydrogens (primary N) is 1. The molecular formula is C14H10BrFN2O3. The summed E-state index contributed by atoms with van der Waals surface area (Å²) in [4.78, 5) is 23.2. The summed E-state index contributed by atoms with van der Waals surface area (Å²) >= 11 is 3.15. The maximum atomic E-state index is 13.3. The highest BCUT2D eigenvalue weighted by atomic mass is 79.9. The normalized spacial score (nSPS) is 10.2. The number of anilines is 2. The summed E-state index contributed by atoms with van der Waals surface area (Å²) < 4.78 is 13.9. The van der Waals surface area contributed by atoms with Crippen LogP contribution in [0.1, 0.15) is 20.7 Å². The number of carboxylic acids is 1. The Kier molecular flexibility index (Phi) is 4.23. The fourth-order valence-corrected chi connectivity index (χ4v) is 2.09. The van der Waals surface area contributed by atoms with Crippen LogP contribution in [0.15, 0.2) is 40.9 Å². The van der Waals surface area contributed by atoms with Crippen molar-refractivity contribution in [2.75, 3.05) is 11.1 Å². The Hall–Kier alpha value is -2.41. The first-order valence-corrected chi connectivity index (χ1v) is 6.57. The number of rotatable bonds is 3. The summed E-state index contributed by atoms with van der Waals surface area (Å²) in [5, 5.41) is 11.5. The number of nitrogen functional groups attached to an aromatic ring is 1. The molecule has 0 spiro atoms. The Morgan fingerprint density at radius 1 is 1.19 bits per heavy atom. The van der Waals surface area contributed by atoms with Crippen LogP contribution in [-0.4, -0.2) is 17.0 Å². The first kappa shape index (κ1) is 15.0. The fraction of sp³-hybridized carbons (Fsp3) is 0. The van der Waals surface area contributed by atoms with Crippen LogP contribution in [0.25, 0.3) is 0 Å². The molecule has 108 valence electrons. The summed E-state index contributed by atoms with van der Waals surface area (Å²) in [6.45, 7) is 0. The van der Waals surface area contributed by atoms with Crippen molar-refractivity contribution in [2.24, 2.45) is 0 Å². The van der Waals surface area contributed by atoms with E-state index in [9.17, 15) is 14.0 Å². The van der Waals surface area contributed by atoms with Gasteiger partial charge in [0.05, 0.1) is 22.5 Å². The van der Waals surface area contributed by atoms with Gasteiger partial charge in [-0.3, -0.25) is 4.79 Å². The molecule has 0 fully saturated rings. The van der Waals surface area contributed by atoms with Gasteiger partial charge in [0.1, 0.15) is 5.82 Å². The summed E-state index contributed by atoms with van der Waals surface area (Å²) in [5.41, 5.74) is 5.16. The van der Waals surface area contributed by atoms with Gasteiger partial charge in [-0.05, 0) is 30.3 Å². The van der Waals surface area contributed by atoms with E-state index in [1.165, 1.54) is 24.3 Å². The molecule has 0 aliphatic rings. The number of hydrogen-bond donors (Lipinski definition) is 3. The summed E-state index contributed by atoms with van der Waals surface area (Å²) in [6, 6.07) is 8.20. The van der Waals surface area contributed by atoms with Gasteiger partial charge in [0, 0.05) is 4.47 Å². The Morgan fingerprint density at radius 2 is 1.90 bits per heavy atom. The highest BCUT2D eigenvalue weighted by molar-refractivity contribution is 9.10. The average Bonchev–Trinajstić information content (AvgIpc) is 2.43. The van der Waals surface area contributed by atoms with E-state index in [1.807, 2.05) is 0 Å². The van der Waals surface area contributed by atoms with Gasteiger partial charge in [-0.15, -0.1) is 0 Å². The number of carboxylic acid groups (broad SMARTS) is 1. The quantitative estimate of drug-likeness (QED) is 0.740. The molecule has 21 heavy (non-hydrogen) atoms. The van der Waals surface area contributed by atoms with Crippen LogP contribution >= 0.6 is 15.9 Å². The highest BCUT2D eigenvalue weighted by Crippen LogP contribution is 2.23. The number of halogens is 2. The minimum atomic E-state index is -1.20. The average molecular weight is 353 g/mol. The molecule has 0 saturated carbocycles. The van der Waals surface area contributed by atoms with E-state index < -0.39 is 17.7 Å². The molecule has 0 unspecified atom stereocenters. The first-order chi connectivity index (χ1) is 9.90. The zero-order chi connectivity index (χ0) is 15.6. The van der Waals surface area contributed by atoms with Crippen molar-refractivity contribution in [3.8, 4) is 0 Å². The maximum Gasteiger partial charge on any atom is 0.337 e. The van der Waals surface area contributed by atoms with Crippen LogP contribution in [-0.2, 0) is 0 Å². The minimum Gasteiger partial charge on any atom is -0.478 e. The smallest absolute Gasteiger partial charge is 0.337 e. The lowest BCUT2D eigenvalue weighted by Gasteiger charge is -2.10. The lowest BCUT2D eigenvalue weighted by atomic mass is 10.1. The van der Waals surface area contributed by atoms with E-state index in [0.29, 0.717) is 4.47 Å². The van der Waals surface area contributed by atoms with Gasteiger partial charge in [0.15, 0.2) is 0 Å². The number of amides is 1. The topological polar surface area (TPSA) is 92.4 Å². The predicted molar refractivity (Wildman–Crippen MR) is 79.9 cm³/mol. The molecule has 0 atom stereocenters. The molecule has 2 aromatic rings. The Bertz CT molecular complexity index is 734. The minimum absolute atomic E-state index is 0.0609. The SMILES string of the molecule is Nc1c(F)cccc1C(=O)Nc1ccc(Br)cc1C(=O)O. The zero-order valence-corrected chi connectivity index (χ0v) is 12.1. The lowest BCUT2D eigenvalue weighted by Crippen LogP contribution is -2.17. The molecule has 2 aromatic carbocycles. The molecule has 1 amide bonds. The molecular weight excluding hydrogens is 343 g/mol. The fourth-order valence-electron chi connectivity index (χ4n) is 1.73. The second-order valence-electron chi connectivity index (χ2n) is 4.15. The van der Waals surface area contributed by atoms with Gasteiger partial charge >= 0.3 is 5.97 Å². The Balaban J connectivity index is 2.36. The number of carbonyl (C=O) groups excluding carboxylic acids is 1. The third kappa shape index (κ3) is 3.19. The van der Waals surface area contributed by atoms with E-state index in [-0.39, 0.29) is 22.5 Å². The van der Waals surface area contributed by atoms with E-state index in [4.69, 9.17) is 10.8 Å². The molecule has 5 nitrogen and oxygen atoms in total. The molecule has 0 aromatic heterocycles. The monoisotopic (exact) mass is 352 g/mol. The third-order valence-electron chi connectivity index (χ3n) is 2.76. The predicted octanol–water partition coefficient (Wildman–Crippen LogP) is 3.12. The van der Waals surface area contributed by atoms with Crippen molar-refractivity contribution >= 4 is 39.2 Å². The van der Waals surface area contributed by atoms with Crippen molar-refractivity contribution in [2.45, 2.75) is 0 Å². The maximum absolute atomic E-state index is 13.3. The van der Waals surface area contributed by atoms with Crippen molar-refractivity contribution in [3.63, 3.8) is 0 Å². The second-order valence-corrected chi connectivity index (χ2v) is 5.07. The molecule has 0 aliphatic carbocycles. The van der Waals surface area contributed by atoms with Crippen molar-refractivity contribution in [3.05, 3.63) is 57.8 Å². The van der Waals surface area contributed by atoms with Crippen LogP contribution in [0.3, 0.4) is 0 Å². The standard InChI is InChI=1S/C14H10BrFN2O3/c15-7-4-5-11(9(6-7)14(20)21)18-13(19)8-2-1-3-10(16)12(8)17/h1-6H,17H2,(H,18,19)(H,20,21). The van der Waals surface area contributed by atoms with Gasteiger partial charge in [-0.1, -0.05) is 22.0 Å². The molecule has 0 bridgehead atoms. The number of benzene rings is 2. The number of carbonyl (C=O) groups is 2. The zero-order valence-electron chi connectivity index (χ0n) is 10.6. The molecule has 0 radical (unpaired) electrons. The molecule has 0 saturated heterocycles. The first-order valence-electron chi connectivity index (χ1n) is 5.78. The van der Waals surface area contributed by atoms with Gasteiger partial charge in [0.2, 0.25) is 0 Å². The highest BCUT2D eigenvalue weighted by Gasteiger charge is 2.16. The van der Waals surface area contributed by atoms with E-state index in [0.717, 1.165) is 6.07 Å². The summed E-state index contributed by atoms with van der Waals surface area (Å²) in [5.74, 6) is -2.59. The summed E-state index contributed by atoms with van der Waals surface area (Å²) in [7, 11) is 0. The second kappa shape index (κ2) is 5.92. The molecule has 0 aliphatic heterocycles. The molecule has 7 heteroatoms. The largest absolute Gasteiger partial charge is 0.478 e. The van der Waals surface area contributed by atoms with Crippen molar-refractivity contribution in [1.29, 1.82) is 0 Å². The van der Waals surface area contributed by atoms with Crippen molar-refractivity contribution < 1.29 is 19.1 Å². The van der Waals surface area contributed by atoms with Crippen LogP contribution < -0.4 is 11.1 Å². The Labute approximate surface area is 127 Å². The number of hydrogen-bond acceptors (Lipinski definition) is 3. The van der Waals surface area contributed by atoms with Crippen LogP contribution in [0.5, 0.6) is 0 Å². The molecule has 2 rings (SSSR count). The van der Waals surface area contributed by atoms with Crippen LogP contribution in [0, 0.1) is 5.82 Å². The third-order valence-corrected chi connectivity index (χ3v) is 3.25. The number of para-hydroxylation sites is 1. The van der Waals surface area contributed by atoms with Gasteiger partial charge < -0.3 is 16.2 Å². The van der Waals surface area contributed by atoms with E-state index in [1.54, 1.807) is 6.07 Å². The van der Waals surface area contributed by atoms with E-state index >= 15 is 0 Å². The van der Waals surface area contributed by atoms with Gasteiger partial charge in [-0.25, -0.2) is 9.18 Å².